The third-order valence-electron chi connectivity index (χ3n) is 10.5. The third kappa shape index (κ3) is 3.95. The Hall–Kier alpha value is -1.06. The second-order valence-corrected chi connectivity index (χ2v) is 12.2. The van der Waals surface area contributed by atoms with E-state index in [9.17, 15) is 9.59 Å². The van der Waals surface area contributed by atoms with Gasteiger partial charge in [0.25, 0.3) is 0 Å². The molecule has 31 heavy (non-hydrogen) atoms. The van der Waals surface area contributed by atoms with Crippen LogP contribution in [0.5, 0.6) is 0 Å². The number of fused-ring (bicyclic) bond motifs is 3. The molecule has 0 radical (unpaired) electrons. The molecule has 0 saturated heterocycles. The van der Waals surface area contributed by atoms with Gasteiger partial charge in [-0.2, -0.15) is 0 Å². The summed E-state index contributed by atoms with van der Waals surface area (Å²) in [6.07, 6.45) is 12.4. The van der Waals surface area contributed by atoms with E-state index in [1.807, 2.05) is 6.92 Å². The summed E-state index contributed by atoms with van der Waals surface area (Å²) in [5, 5.41) is 0. The van der Waals surface area contributed by atoms with E-state index < -0.39 is 0 Å². The van der Waals surface area contributed by atoms with E-state index in [0.717, 1.165) is 12.3 Å². The molecule has 0 aromatic carbocycles. The Bertz CT molecular complexity index is 703. The number of hydrogen-bond acceptors (Lipinski definition) is 4. The zero-order valence-corrected chi connectivity index (χ0v) is 20.5. The summed E-state index contributed by atoms with van der Waals surface area (Å²) in [6.45, 7) is 11.8. The number of esters is 2. The average molecular weight is 433 g/mol. The SMILES string of the molecule is CC[C@@H](C)C(=O)OC[C@]1(C)CCC[C@]2(C)[C@@H]1CC[C@@]13CC[C@@H](C[C@H]12)[C@H](COC(C)=O)C3. The third-order valence-corrected chi connectivity index (χ3v) is 10.5. The highest BCUT2D eigenvalue weighted by Crippen LogP contribution is 2.72. The smallest absolute Gasteiger partial charge is 0.308 e. The molecular formula is C27H44O4. The first kappa shape index (κ1) is 23.1. The number of ether oxygens (including phenoxy) is 2. The van der Waals surface area contributed by atoms with Crippen molar-refractivity contribution in [3.05, 3.63) is 0 Å². The van der Waals surface area contributed by atoms with Gasteiger partial charge in [0.1, 0.15) is 0 Å². The summed E-state index contributed by atoms with van der Waals surface area (Å²) in [4.78, 5) is 23.8. The van der Waals surface area contributed by atoms with E-state index in [2.05, 4.69) is 20.8 Å². The lowest BCUT2D eigenvalue weighted by Crippen LogP contribution is -2.62. The molecule has 0 aromatic heterocycles. The van der Waals surface area contributed by atoms with Crippen LogP contribution in [0.3, 0.4) is 0 Å². The lowest BCUT2D eigenvalue weighted by Gasteiger charge is -2.69. The Morgan fingerprint density at radius 2 is 1.77 bits per heavy atom. The van der Waals surface area contributed by atoms with Crippen LogP contribution in [0.15, 0.2) is 0 Å². The summed E-state index contributed by atoms with van der Waals surface area (Å²) >= 11 is 0. The van der Waals surface area contributed by atoms with Crippen LogP contribution >= 0.6 is 0 Å². The molecule has 0 heterocycles. The second kappa shape index (κ2) is 8.37. The lowest BCUT2D eigenvalue weighted by molar-refractivity contribution is -0.209. The van der Waals surface area contributed by atoms with Gasteiger partial charge in [-0.15, -0.1) is 0 Å². The molecule has 0 aliphatic heterocycles. The first-order valence-corrected chi connectivity index (χ1v) is 12.9. The van der Waals surface area contributed by atoms with Crippen molar-refractivity contribution in [2.24, 2.45) is 45.8 Å². The van der Waals surface area contributed by atoms with E-state index in [-0.39, 0.29) is 23.3 Å². The van der Waals surface area contributed by atoms with Gasteiger partial charge in [-0.3, -0.25) is 9.59 Å². The minimum Gasteiger partial charge on any atom is -0.466 e. The topological polar surface area (TPSA) is 52.6 Å². The highest BCUT2D eigenvalue weighted by atomic mass is 16.5. The molecule has 0 aromatic rings. The Morgan fingerprint density at radius 3 is 2.48 bits per heavy atom. The van der Waals surface area contributed by atoms with Gasteiger partial charge in [0, 0.05) is 12.3 Å². The molecular weight excluding hydrogens is 388 g/mol. The fraction of sp³-hybridized carbons (Fsp3) is 0.926. The number of carbonyl (C=O) groups is 2. The van der Waals surface area contributed by atoms with E-state index in [0.29, 0.717) is 41.8 Å². The molecule has 1 spiro atoms. The van der Waals surface area contributed by atoms with Crippen molar-refractivity contribution in [1.82, 2.24) is 0 Å². The average Bonchev–Trinajstić information content (AvgIpc) is 2.75. The van der Waals surface area contributed by atoms with E-state index in [1.165, 1.54) is 64.7 Å². The normalized spacial score (nSPS) is 44.7. The zero-order valence-electron chi connectivity index (χ0n) is 20.5. The Labute approximate surface area is 189 Å². The fourth-order valence-electron chi connectivity index (χ4n) is 8.73. The monoisotopic (exact) mass is 432 g/mol. The molecule has 5 aliphatic rings. The molecule has 4 heteroatoms. The van der Waals surface area contributed by atoms with E-state index >= 15 is 0 Å². The van der Waals surface area contributed by atoms with Crippen molar-refractivity contribution in [2.45, 2.75) is 98.8 Å². The van der Waals surface area contributed by atoms with Gasteiger partial charge in [0.05, 0.1) is 19.1 Å². The van der Waals surface area contributed by atoms with Crippen molar-refractivity contribution in [1.29, 1.82) is 0 Å². The fourth-order valence-corrected chi connectivity index (χ4v) is 8.73. The van der Waals surface area contributed by atoms with Crippen molar-refractivity contribution < 1.29 is 19.1 Å². The number of rotatable bonds is 6. The minimum atomic E-state index is -0.138. The predicted octanol–water partition coefficient (Wildman–Crippen LogP) is 6.17. The van der Waals surface area contributed by atoms with E-state index in [1.54, 1.807) is 0 Å². The Morgan fingerprint density at radius 1 is 1.03 bits per heavy atom. The predicted molar refractivity (Wildman–Crippen MR) is 121 cm³/mol. The molecule has 4 nitrogen and oxygen atoms in total. The molecule has 5 saturated carbocycles. The quantitative estimate of drug-likeness (QED) is 0.471. The molecule has 8 atom stereocenters. The van der Waals surface area contributed by atoms with E-state index in [4.69, 9.17) is 9.47 Å². The minimum absolute atomic E-state index is 0.00330. The zero-order chi connectivity index (χ0) is 22.4. The van der Waals surface area contributed by atoms with Gasteiger partial charge in [-0.1, -0.05) is 34.1 Å². The van der Waals surface area contributed by atoms with Crippen LogP contribution in [-0.2, 0) is 19.1 Å². The maximum Gasteiger partial charge on any atom is 0.308 e. The van der Waals surface area contributed by atoms with Gasteiger partial charge in [-0.05, 0) is 92.3 Å². The summed E-state index contributed by atoms with van der Waals surface area (Å²) < 4.78 is 11.4. The van der Waals surface area contributed by atoms with Gasteiger partial charge in [-0.25, -0.2) is 0 Å². The van der Waals surface area contributed by atoms with Crippen LogP contribution in [0, 0.1) is 45.8 Å². The molecule has 5 fully saturated rings. The lowest BCUT2D eigenvalue weighted by atomic mass is 9.36. The molecule has 176 valence electrons. The molecule has 5 aliphatic carbocycles. The Balaban J connectivity index is 1.51. The van der Waals surface area contributed by atoms with Crippen LogP contribution in [0.2, 0.25) is 0 Å². The van der Waals surface area contributed by atoms with Gasteiger partial charge in [0.15, 0.2) is 0 Å². The summed E-state index contributed by atoms with van der Waals surface area (Å²) in [5.74, 6) is 2.51. The second-order valence-electron chi connectivity index (χ2n) is 12.2. The first-order valence-electron chi connectivity index (χ1n) is 12.9. The highest BCUT2D eigenvalue weighted by molar-refractivity contribution is 5.71. The van der Waals surface area contributed by atoms with Crippen molar-refractivity contribution in [2.75, 3.05) is 13.2 Å². The largest absolute Gasteiger partial charge is 0.466 e. The van der Waals surface area contributed by atoms with Crippen LogP contribution in [-0.4, -0.2) is 25.2 Å². The molecule has 0 amide bonds. The van der Waals surface area contributed by atoms with Gasteiger partial charge in [0.2, 0.25) is 0 Å². The maximum atomic E-state index is 12.4. The van der Waals surface area contributed by atoms with Crippen LogP contribution in [0.4, 0.5) is 0 Å². The maximum absolute atomic E-state index is 12.4. The standard InChI is InChI=1S/C27H44O4/c1-6-18(2)24(29)31-17-25(4)10-7-11-26(5)22(25)9-13-27-12-8-20(14-23(26)27)21(15-27)16-30-19(3)28/h18,20-23H,6-17H2,1-5H3/t18-,20+,21+,22-,23+,25+,26-,27-/m1/s1. The molecule has 0 N–H and O–H groups in total. The van der Waals surface area contributed by atoms with Crippen LogP contribution in [0.1, 0.15) is 98.8 Å². The summed E-state index contributed by atoms with van der Waals surface area (Å²) in [7, 11) is 0. The highest BCUT2D eigenvalue weighted by Gasteiger charge is 2.64. The Kier molecular flexibility index (Phi) is 6.24. The first-order chi connectivity index (χ1) is 14.6. The number of hydrogen-bond donors (Lipinski definition) is 0. The van der Waals surface area contributed by atoms with Gasteiger partial charge >= 0.3 is 11.9 Å². The summed E-state index contributed by atoms with van der Waals surface area (Å²) in [5.41, 5.74) is 0.890. The summed E-state index contributed by atoms with van der Waals surface area (Å²) in [6, 6.07) is 0. The van der Waals surface area contributed by atoms with Crippen LogP contribution in [0.25, 0.3) is 0 Å². The van der Waals surface area contributed by atoms with Crippen molar-refractivity contribution in [3.8, 4) is 0 Å². The van der Waals surface area contributed by atoms with Crippen molar-refractivity contribution in [3.63, 3.8) is 0 Å². The molecule has 0 unspecified atom stereocenters. The van der Waals surface area contributed by atoms with Crippen molar-refractivity contribution >= 4 is 11.9 Å². The van der Waals surface area contributed by atoms with Gasteiger partial charge < -0.3 is 9.47 Å². The molecule has 2 bridgehead atoms. The number of carbonyl (C=O) groups excluding carboxylic acids is 2. The molecule has 5 rings (SSSR count). The van der Waals surface area contributed by atoms with Crippen LogP contribution < -0.4 is 0 Å².